The second-order valence-electron chi connectivity index (χ2n) is 9.89. The Bertz CT molecular complexity index is 1260. The average molecular weight is 490 g/mol. The molecule has 2 aromatic heterocycles. The van der Waals surface area contributed by atoms with Gasteiger partial charge >= 0.3 is 0 Å². The van der Waals surface area contributed by atoms with Crippen LogP contribution in [0.3, 0.4) is 0 Å². The summed E-state index contributed by atoms with van der Waals surface area (Å²) in [7, 11) is 0. The maximum atomic E-state index is 13.6. The van der Waals surface area contributed by atoms with Gasteiger partial charge in [0, 0.05) is 34.7 Å². The number of aromatic nitrogens is 2. The quantitative estimate of drug-likeness (QED) is 0.466. The Morgan fingerprint density at radius 1 is 1.17 bits per heavy atom. The van der Waals surface area contributed by atoms with Crippen LogP contribution in [0.1, 0.15) is 70.8 Å². The first-order valence-corrected chi connectivity index (χ1v) is 13.5. The van der Waals surface area contributed by atoms with Crippen LogP contribution in [0.4, 0.5) is 5.82 Å². The Balaban J connectivity index is 1.21. The van der Waals surface area contributed by atoms with Crippen molar-refractivity contribution in [3.63, 3.8) is 0 Å². The number of rotatable bonds is 7. The third kappa shape index (κ3) is 4.41. The zero-order valence-electron chi connectivity index (χ0n) is 19.8. The van der Waals surface area contributed by atoms with Gasteiger partial charge in [0.2, 0.25) is 5.91 Å². The van der Waals surface area contributed by atoms with Crippen molar-refractivity contribution in [2.75, 3.05) is 5.32 Å². The van der Waals surface area contributed by atoms with E-state index in [1.807, 2.05) is 18.2 Å². The number of carbonyl (C=O) groups excluding carboxylic acids is 1. The summed E-state index contributed by atoms with van der Waals surface area (Å²) in [6.07, 6.45) is 7.81. The van der Waals surface area contributed by atoms with Crippen molar-refractivity contribution in [2.45, 2.75) is 70.2 Å². The van der Waals surface area contributed by atoms with Gasteiger partial charge in [-0.25, -0.2) is 4.98 Å². The molecule has 3 N–H and O–H groups in total. The maximum absolute atomic E-state index is 13.6. The van der Waals surface area contributed by atoms with E-state index in [0.717, 1.165) is 36.5 Å². The van der Waals surface area contributed by atoms with E-state index < -0.39 is 6.04 Å². The predicted octanol–water partition coefficient (Wildman–Crippen LogP) is 4.06. The Labute approximate surface area is 209 Å². The van der Waals surface area contributed by atoms with E-state index in [2.05, 4.69) is 39.1 Å². The number of nitrogens with one attached hydrogen (secondary N) is 3. The maximum Gasteiger partial charge on any atom is 0.294 e. The second kappa shape index (κ2) is 9.59. The van der Waals surface area contributed by atoms with E-state index in [-0.39, 0.29) is 17.5 Å². The fraction of sp³-hybridized carbons (Fsp3) is 0.444. The summed E-state index contributed by atoms with van der Waals surface area (Å²) in [5.41, 5.74) is 3.15. The summed E-state index contributed by atoms with van der Waals surface area (Å²) >= 11 is 1.75. The fourth-order valence-corrected chi connectivity index (χ4v) is 6.98. The first kappa shape index (κ1) is 22.5. The first-order chi connectivity index (χ1) is 17.2. The standard InChI is InChI=1S/C27H31N5O2S/c33-26(30-15-21-12-19-13-28-16-23(19)35-21)22-11-10-20-14-29-25(27(34)32(20)22)31-24(18-8-4-5-9-18)17-6-2-1-3-7-17/h1-3,6-7,12,14,18,22,24,28H,4-5,8-11,13,15-16H2,(H,29,31)(H,30,33). The molecular weight excluding hydrogens is 458 g/mol. The lowest BCUT2D eigenvalue weighted by Gasteiger charge is -2.26. The summed E-state index contributed by atoms with van der Waals surface area (Å²) in [6, 6.07) is 12.1. The second-order valence-corrected chi connectivity index (χ2v) is 11.1. The van der Waals surface area contributed by atoms with Crippen LogP contribution in [0.25, 0.3) is 0 Å². The van der Waals surface area contributed by atoms with Gasteiger partial charge in [0.1, 0.15) is 6.04 Å². The molecule has 2 aliphatic heterocycles. The number of amides is 1. The molecule has 3 aromatic rings. The van der Waals surface area contributed by atoms with Gasteiger partial charge in [-0.3, -0.25) is 14.2 Å². The number of aryl methyl sites for hydroxylation is 1. The van der Waals surface area contributed by atoms with Crippen molar-refractivity contribution in [2.24, 2.45) is 5.92 Å². The highest BCUT2D eigenvalue weighted by molar-refractivity contribution is 7.12. The van der Waals surface area contributed by atoms with Gasteiger partial charge < -0.3 is 16.0 Å². The molecule has 4 heterocycles. The van der Waals surface area contributed by atoms with Crippen molar-refractivity contribution in [3.8, 4) is 0 Å². The Morgan fingerprint density at radius 3 is 2.80 bits per heavy atom. The fourth-order valence-electron chi connectivity index (χ4n) is 5.88. The van der Waals surface area contributed by atoms with Crippen molar-refractivity contribution in [3.05, 3.63) is 79.5 Å². The van der Waals surface area contributed by atoms with Crippen LogP contribution in [-0.4, -0.2) is 15.5 Å². The number of hydrogen-bond acceptors (Lipinski definition) is 6. The molecule has 6 rings (SSSR count). The van der Waals surface area contributed by atoms with Crippen LogP contribution < -0.4 is 21.5 Å². The van der Waals surface area contributed by atoms with E-state index >= 15 is 0 Å². The number of hydrogen-bond donors (Lipinski definition) is 3. The van der Waals surface area contributed by atoms with E-state index in [1.54, 1.807) is 22.1 Å². The smallest absolute Gasteiger partial charge is 0.294 e. The Morgan fingerprint density at radius 2 is 2.00 bits per heavy atom. The third-order valence-electron chi connectivity index (χ3n) is 7.67. The first-order valence-electron chi connectivity index (χ1n) is 12.7. The summed E-state index contributed by atoms with van der Waals surface area (Å²) < 4.78 is 1.67. The van der Waals surface area contributed by atoms with E-state index in [0.29, 0.717) is 31.1 Å². The van der Waals surface area contributed by atoms with Crippen molar-refractivity contribution in [1.82, 2.24) is 20.2 Å². The van der Waals surface area contributed by atoms with Crippen molar-refractivity contribution >= 4 is 23.1 Å². The minimum atomic E-state index is -0.490. The van der Waals surface area contributed by atoms with E-state index in [1.165, 1.54) is 28.8 Å². The molecule has 0 bridgehead atoms. The van der Waals surface area contributed by atoms with Crippen LogP contribution in [0.15, 0.2) is 47.4 Å². The molecule has 7 nitrogen and oxygen atoms in total. The lowest BCUT2D eigenvalue weighted by atomic mass is 9.91. The largest absolute Gasteiger partial charge is 0.358 e. The van der Waals surface area contributed by atoms with Crippen molar-refractivity contribution in [1.29, 1.82) is 0 Å². The van der Waals surface area contributed by atoms with Crippen molar-refractivity contribution < 1.29 is 4.79 Å². The molecule has 2 atom stereocenters. The zero-order valence-corrected chi connectivity index (χ0v) is 20.6. The summed E-state index contributed by atoms with van der Waals surface area (Å²) in [5.74, 6) is 0.722. The SMILES string of the molecule is O=C(NCc1cc2c(s1)CNC2)C1CCc2cnc(NC(c3ccccc3)C3CCCC3)c(=O)n21. The summed E-state index contributed by atoms with van der Waals surface area (Å²) in [5, 5.41) is 9.91. The molecule has 1 amide bonds. The highest BCUT2D eigenvalue weighted by Crippen LogP contribution is 2.37. The van der Waals surface area contributed by atoms with Crippen LogP contribution in [0.2, 0.25) is 0 Å². The van der Waals surface area contributed by atoms with Crippen LogP contribution >= 0.6 is 11.3 Å². The Kier molecular flexibility index (Phi) is 6.16. The van der Waals surface area contributed by atoms with Crippen LogP contribution in [-0.2, 0) is 30.8 Å². The lowest BCUT2D eigenvalue weighted by molar-refractivity contribution is -0.124. The molecule has 0 spiro atoms. The minimum absolute atomic E-state index is 0.0431. The molecule has 8 heteroatoms. The molecular formula is C27H31N5O2S. The van der Waals surface area contributed by atoms with Gasteiger partial charge in [0.05, 0.1) is 12.6 Å². The number of benzene rings is 1. The average Bonchev–Trinajstić information content (AvgIpc) is 3.67. The summed E-state index contributed by atoms with van der Waals surface area (Å²) in [6.45, 7) is 2.32. The normalized spacial score (nSPS) is 19.9. The molecule has 0 saturated heterocycles. The monoisotopic (exact) mass is 489 g/mol. The van der Waals surface area contributed by atoms with Gasteiger partial charge in [-0.05, 0) is 48.8 Å². The van der Waals surface area contributed by atoms with Crippen LogP contribution in [0, 0.1) is 5.92 Å². The molecule has 1 aromatic carbocycles. The Hall–Kier alpha value is -2.97. The summed E-state index contributed by atoms with van der Waals surface area (Å²) in [4.78, 5) is 33.8. The highest BCUT2D eigenvalue weighted by atomic mass is 32.1. The van der Waals surface area contributed by atoms with Gasteiger partial charge in [-0.15, -0.1) is 11.3 Å². The van der Waals surface area contributed by atoms with Gasteiger partial charge in [-0.1, -0.05) is 43.2 Å². The molecule has 1 fully saturated rings. The number of anilines is 1. The number of nitrogens with zero attached hydrogens (tertiary/aromatic N) is 2. The molecule has 35 heavy (non-hydrogen) atoms. The van der Waals surface area contributed by atoms with E-state index in [9.17, 15) is 9.59 Å². The predicted molar refractivity (Wildman–Crippen MR) is 137 cm³/mol. The molecule has 0 radical (unpaired) electrons. The van der Waals surface area contributed by atoms with Gasteiger partial charge in [0.25, 0.3) is 5.56 Å². The molecule has 2 unspecified atom stereocenters. The zero-order chi connectivity index (χ0) is 23.8. The molecule has 1 saturated carbocycles. The van der Waals surface area contributed by atoms with Gasteiger partial charge in [0.15, 0.2) is 5.82 Å². The molecule has 182 valence electrons. The molecule has 1 aliphatic carbocycles. The van der Waals surface area contributed by atoms with Crippen LogP contribution in [0.5, 0.6) is 0 Å². The third-order valence-corrected chi connectivity index (χ3v) is 8.85. The topological polar surface area (TPSA) is 88.1 Å². The minimum Gasteiger partial charge on any atom is -0.358 e. The van der Waals surface area contributed by atoms with E-state index in [4.69, 9.17) is 0 Å². The number of fused-ring (bicyclic) bond motifs is 2. The van der Waals surface area contributed by atoms with Gasteiger partial charge in [-0.2, -0.15) is 0 Å². The number of carbonyl (C=O) groups is 1. The lowest BCUT2D eigenvalue weighted by Crippen LogP contribution is -2.37. The highest BCUT2D eigenvalue weighted by Gasteiger charge is 2.32. The number of thiophene rings is 1. The molecule has 3 aliphatic rings.